The van der Waals surface area contributed by atoms with Crippen molar-refractivity contribution < 1.29 is 9.53 Å². The molecule has 1 aromatic carbocycles. The van der Waals surface area contributed by atoms with Gasteiger partial charge in [0.1, 0.15) is 0 Å². The van der Waals surface area contributed by atoms with Crippen LogP contribution in [0.5, 0.6) is 0 Å². The molecule has 0 bridgehead atoms. The minimum absolute atomic E-state index is 0.344. The summed E-state index contributed by atoms with van der Waals surface area (Å²) in [6.45, 7) is 3.58. The molecule has 0 unspecified atom stereocenters. The molecule has 14 heavy (non-hydrogen) atoms. The minimum Gasteiger partial charge on any atom is -0.465 e. The molecule has 1 rings (SSSR count). The monoisotopic (exact) mass is 188 g/mol. The van der Waals surface area contributed by atoms with Gasteiger partial charge in [-0.2, -0.15) is 0 Å². The molecule has 0 aliphatic heterocycles. The van der Waals surface area contributed by atoms with Gasteiger partial charge >= 0.3 is 5.97 Å². The molecule has 0 heterocycles. The summed E-state index contributed by atoms with van der Waals surface area (Å²) < 4.78 is 4.51. The average molecular weight is 188 g/mol. The summed E-state index contributed by atoms with van der Waals surface area (Å²) in [4.78, 5) is 11.0. The zero-order valence-corrected chi connectivity index (χ0v) is 8.07. The Bertz CT molecular complexity index is 350. The van der Waals surface area contributed by atoms with E-state index in [0.29, 0.717) is 5.57 Å². The molecule has 2 heteroatoms. The number of rotatable bonds is 3. The molecule has 0 N–H and O–H groups in total. The number of benzene rings is 1. The van der Waals surface area contributed by atoms with Crippen molar-refractivity contribution in [3.8, 4) is 0 Å². The highest BCUT2D eigenvalue weighted by Crippen LogP contribution is 2.04. The van der Waals surface area contributed by atoms with Crippen LogP contribution in [-0.2, 0) is 9.53 Å². The van der Waals surface area contributed by atoms with Gasteiger partial charge in [-0.3, -0.25) is 0 Å². The van der Waals surface area contributed by atoms with E-state index >= 15 is 0 Å². The van der Waals surface area contributed by atoms with Crippen LogP contribution < -0.4 is 0 Å². The van der Waals surface area contributed by atoms with Crippen molar-refractivity contribution in [2.75, 3.05) is 7.11 Å². The molecular formula is C12H12O2. The van der Waals surface area contributed by atoms with Gasteiger partial charge in [-0.25, -0.2) is 4.79 Å². The maximum absolute atomic E-state index is 11.0. The van der Waals surface area contributed by atoms with Crippen LogP contribution >= 0.6 is 0 Å². The Hall–Kier alpha value is -1.83. The van der Waals surface area contributed by atoms with E-state index in [2.05, 4.69) is 11.3 Å². The van der Waals surface area contributed by atoms with Crippen molar-refractivity contribution in [3.63, 3.8) is 0 Å². The zero-order valence-electron chi connectivity index (χ0n) is 8.07. The van der Waals surface area contributed by atoms with Crippen LogP contribution in [0.1, 0.15) is 5.56 Å². The number of esters is 1. The number of hydrogen-bond donors (Lipinski definition) is 0. The van der Waals surface area contributed by atoms with Gasteiger partial charge in [0.2, 0.25) is 0 Å². The van der Waals surface area contributed by atoms with E-state index in [1.165, 1.54) is 7.11 Å². The first-order valence-corrected chi connectivity index (χ1v) is 4.24. The van der Waals surface area contributed by atoms with Crippen molar-refractivity contribution >= 4 is 12.0 Å². The summed E-state index contributed by atoms with van der Waals surface area (Å²) in [5.74, 6) is -0.405. The second-order valence-corrected chi connectivity index (χ2v) is 2.76. The Balaban J connectivity index is 2.65. The predicted molar refractivity (Wildman–Crippen MR) is 56.6 cm³/mol. The first-order valence-electron chi connectivity index (χ1n) is 4.24. The smallest absolute Gasteiger partial charge is 0.337 e. The fourth-order valence-electron chi connectivity index (χ4n) is 0.960. The number of hydrogen-bond acceptors (Lipinski definition) is 2. The van der Waals surface area contributed by atoms with Crippen molar-refractivity contribution in [2.24, 2.45) is 0 Å². The van der Waals surface area contributed by atoms with E-state index in [0.717, 1.165) is 5.56 Å². The third-order valence-electron chi connectivity index (χ3n) is 1.72. The van der Waals surface area contributed by atoms with Crippen LogP contribution in [-0.4, -0.2) is 13.1 Å². The maximum Gasteiger partial charge on any atom is 0.337 e. The van der Waals surface area contributed by atoms with Gasteiger partial charge in [0.25, 0.3) is 0 Å². The second kappa shape index (κ2) is 5.02. The Morgan fingerprint density at radius 3 is 2.57 bits per heavy atom. The third kappa shape index (κ3) is 2.90. The van der Waals surface area contributed by atoms with Crippen molar-refractivity contribution in [3.05, 3.63) is 54.1 Å². The van der Waals surface area contributed by atoms with Gasteiger partial charge in [0.05, 0.1) is 12.7 Å². The van der Waals surface area contributed by atoms with E-state index in [1.54, 1.807) is 6.08 Å². The van der Waals surface area contributed by atoms with Crippen molar-refractivity contribution in [1.29, 1.82) is 0 Å². The highest BCUT2D eigenvalue weighted by atomic mass is 16.5. The van der Waals surface area contributed by atoms with Crippen LogP contribution in [0.3, 0.4) is 0 Å². The van der Waals surface area contributed by atoms with E-state index < -0.39 is 5.97 Å². The molecule has 0 fully saturated rings. The van der Waals surface area contributed by atoms with Gasteiger partial charge < -0.3 is 4.74 Å². The van der Waals surface area contributed by atoms with Gasteiger partial charge in [0.15, 0.2) is 0 Å². The molecule has 0 radical (unpaired) electrons. The number of methoxy groups -OCH3 is 1. The number of carbonyl (C=O) groups is 1. The van der Waals surface area contributed by atoms with E-state index in [-0.39, 0.29) is 0 Å². The summed E-state index contributed by atoms with van der Waals surface area (Å²) in [5, 5.41) is 0. The van der Waals surface area contributed by atoms with Crippen LogP contribution in [0.25, 0.3) is 6.08 Å². The Morgan fingerprint density at radius 2 is 2.00 bits per heavy atom. The van der Waals surface area contributed by atoms with E-state index in [1.807, 2.05) is 36.4 Å². The van der Waals surface area contributed by atoms with Crippen LogP contribution in [0.2, 0.25) is 0 Å². The fraction of sp³-hybridized carbons (Fsp3) is 0.0833. The molecule has 0 amide bonds. The molecule has 0 aliphatic rings. The van der Waals surface area contributed by atoms with Crippen molar-refractivity contribution in [1.82, 2.24) is 0 Å². The molecule has 0 aromatic heterocycles. The SMILES string of the molecule is C=C(C=Cc1ccccc1)C(=O)OC. The Kier molecular flexibility index (Phi) is 3.68. The Morgan fingerprint density at radius 1 is 1.36 bits per heavy atom. The second-order valence-electron chi connectivity index (χ2n) is 2.76. The van der Waals surface area contributed by atoms with Crippen LogP contribution in [0.15, 0.2) is 48.6 Å². The fourth-order valence-corrected chi connectivity index (χ4v) is 0.960. The zero-order chi connectivity index (χ0) is 10.4. The van der Waals surface area contributed by atoms with Crippen LogP contribution in [0, 0.1) is 0 Å². The summed E-state index contributed by atoms with van der Waals surface area (Å²) in [5.41, 5.74) is 1.37. The summed E-state index contributed by atoms with van der Waals surface area (Å²) in [7, 11) is 1.34. The van der Waals surface area contributed by atoms with Crippen molar-refractivity contribution in [2.45, 2.75) is 0 Å². The van der Waals surface area contributed by atoms with Gasteiger partial charge in [-0.1, -0.05) is 43.0 Å². The average Bonchev–Trinajstić information content (AvgIpc) is 2.26. The first-order chi connectivity index (χ1) is 6.74. The molecule has 2 nitrogen and oxygen atoms in total. The molecule has 1 aromatic rings. The summed E-state index contributed by atoms with van der Waals surface area (Å²) in [6, 6.07) is 9.69. The maximum atomic E-state index is 11.0. The molecule has 0 spiro atoms. The normalized spacial score (nSPS) is 10.1. The first kappa shape index (κ1) is 10.3. The molecule has 0 aliphatic carbocycles. The molecule has 0 atom stereocenters. The topological polar surface area (TPSA) is 26.3 Å². The Labute approximate surface area is 83.5 Å². The lowest BCUT2D eigenvalue weighted by molar-refractivity contribution is -0.135. The highest BCUT2D eigenvalue weighted by Gasteiger charge is 2.00. The predicted octanol–water partition coefficient (Wildman–Crippen LogP) is 2.43. The highest BCUT2D eigenvalue weighted by molar-refractivity contribution is 5.91. The number of ether oxygens (including phenoxy) is 1. The lowest BCUT2D eigenvalue weighted by atomic mass is 10.2. The molecule has 0 saturated heterocycles. The summed E-state index contributed by atoms with van der Waals surface area (Å²) in [6.07, 6.45) is 3.46. The minimum atomic E-state index is -0.405. The summed E-state index contributed by atoms with van der Waals surface area (Å²) >= 11 is 0. The number of carbonyl (C=O) groups excluding carboxylic acids is 1. The quantitative estimate of drug-likeness (QED) is 0.413. The van der Waals surface area contributed by atoms with Gasteiger partial charge in [-0.05, 0) is 11.6 Å². The lowest BCUT2D eigenvalue weighted by Gasteiger charge is -1.96. The largest absolute Gasteiger partial charge is 0.465 e. The van der Waals surface area contributed by atoms with E-state index in [4.69, 9.17) is 0 Å². The third-order valence-corrected chi connectivity index (χ3v) is 1.72. The van der Waals surface area contributed by atoms with Crippen LogP contribution in [0.4, 0.5) is 0 Å². The lowest BCUT2D eigenvalue weighted by Crippen LogP contribution is -2.00. The van der Waals surface area contributed by atoms with E-state index in [9.17, 15) is 4.79 Å². The van der Waals surface area contributed by atoms with Gasteiger partial charge in [0, 0.05) is 0 Å². The molecule has 72 valence electrons. The molecular weight excluding hydrogens is 176 g/mol. The molecule has 0 saturated carbocycles. The van der Waals surface area contributed by atoms with Gasteiger partial charge in [-0.15, -0.1) is 0 Å². The standard InChI is InChI=1S/C12H12O2/c1-10(12(13)14-2)8-9-11-6-4-3-5-7-11/h3-9H,1H2,2H3.